The van der Waals surface area contributed by atoms with Crippen LogP contribution in [0, 0.1) is 11.8 Å². The predicted molar refractivity (Wildman–Crippen MR) is 112 cm³/mol. The van der Waals surface area contributed by atoms with E-state index < -0.39 is 11.7 Å². The normalized spacial score (nSPS) is 22.3. The minimum Gasteiger partial charge on any atom is -0.486 e. The maximum Gasteiger partial charge on any atom is 0.416 e. The van der Waals surface area contributed by atoms with Gasteiger partial charge in [0.2, 0.25) is 10.3 Å². The predicted octanol–water partition coefficient (Wildman–Crippen LogP) is 5.57. The van der Waals surface area contributed by atoms with E-state index in [4.69, 9.17) is 15.1 Å². The van der Waals surface area contributed by atoms with Gasteiger partial charge in [-0.2, -0.15) is 13.2 Å². The fourth-order valence-corrected chi connectivity index (χ4v) is 4.76. The molecule has 170 valence electrons. The molecule has 32 heavy (non-hydrogen) atoms. The Morgan fingerprint density at radius 1 is 1.19 bits per heavy atom. The molecule has 2 bridgehead atoms. The molecule has 2 aliphatic rings. The molecule has 2 aromatic rings. The molecular formula is C19H20F3N7O2S. The number of piperidine rings is 1. The first-order chi connectivity index (χ1) is 15.2. The first-order valence-electron chi connectivity index (χ1n) is 9.94. The molecule has 2 heterocycles. The van der Waals surface area contributed by atoms with Crippen molar-refractivity contribution < 1.29 is 22.7 Å². The zero-order valence-corrected chi connectivity index (χ0v) is 18.1. The molecule has 2 fully saturated rings. The Morgan fingerprint density at radius 3 is 2.53 bits per heavy atom. The lowest BCUT2D eigenvalue weighted by Crippen LogP contribution is -2.47. The van der Waals surface area contributed by atoms with Crippen molar-refractivity contribution in [1.82, 2.24) is 10.2 Å². The summed E-state index contributed by atoms with van der Waals surface area (Å²) in [5.74, 6) is 0.491. The van der Waals surface area contributed by atoms with Gasteiger partial charge in [-0.05, 0) is 55.5 Å². The zero-order chi connectivity index (χ0) is 22.9. The molecule has 0 amide bonds. The van der Waals surface area contributed by atoms with E-state index in [0.717, 1.165) is 25.0 Å². The summed E-state index contributed by atoms with van der Waals surface area (Å²) < 4.78 is 45.7. The largest absolute Gasteiger partial charge is 0.486 e. The number of nitrogens with zero attached hydrogens (tertiary/aromatic N) is 7. The van der Waals surface area contributed by atoms with Gasteiger partial charge in [0.05, 0.1) is 11.3 Å². The molecule has 4 rings (SSSR count). The summed E-state index contributed by atoms with van der Waals surface area (Å²) in [6.45, 7) is 4.69. The van der Waals surface area contributed by atoms with Crippen molar-refractivity contribution >= 4 is 27.3 Å². The summed E-state index contributed by atoms with van der Waals surface area (Å²) in [4.78, 5) is 10.1. The van der Waals surface area contributed by atoms with Gasteiger partial charge in [0.1, 0.15) is 6.10 Å². The summed E-state index contributed by atoms with van der Waals surface area (Å²) in [6.07, 6.45) is -2.81. The van der Waals surface area contributed by atoms with Crippen LogP contribution in [0.25, 0.3) is 10.4 Å². The number of azide groups is 1. The second kappa shape index (κ2) is 8.83. The lowest BCUT2D eigenvalue weighted by atomic mass is 9.95. The lowest BCUT2D eigenvalue weighted by molar-refractivity contribution is -0.137. The second-order valence-corrected chi connectivity index (χ2v) is 8.87. The Morgan fingerprint density at radius 2 is 1.91 bits per heavy atom. The van der Waals surface area contributed by atoms with Gasteiger partial charge < -0.3 is 14.5 Å². The van der Waals surface area contributed by atoms with E-state index in [1.807, 2.05) is 0 Å². The Labute approximate surface area is 185 Å². The fourth-order valence-electron chi connectivity index (χ4n) is 4.08. The van der Waals surface area contributed by atoms with Crippen LogP contribution in [0.5, 0.6) is 11.5 Å². The summed E-state index contributed by atoms with van der Waals surface area (Å²) in [7, 11) is 0. The summed E-state index contributed by atoms with van der Waals surface area (Å²) in [5.41, 5.74) is 8.29. The number of aromatic nitrogens is 2. The van der Waals surface area contributed by atoms with Crippen molar-refractivity contribution in [1.29, 1.82) is 0 Å². The topological polar surface area (TPSA) is 109 Å². The van der Waals surface area contributed by atoms with Gasteiger partial charge in [-0.25, -0.2) is 0 Å². The van der Waals surface area contributed by atoms with Crippen molar-refractivity contribution in [2.75, 3.05) is 18.0 Å². The van der Waals surface area contributed by atoms with E-state index in [9.17, 15) is 13.2 Å². The van der Waals surface area contributed by atoms with E-state index in [1.54, 1.807) is 13.8 Å². The third-order valence-electron chi connectivity index (χ3n) is 5.41. The molecule has 3 atom stereocenters. The van der Waals surface area contributed by atoms with E-state index in [0.29, 0.717) is 23.9 Å². The van der Waals surface area contributed by atoms with Crippen molar-refractivity contribution in [3.05, 3.63) is 34.2 Å². The number of hydrogen-bond donors (Lipinski definition) is 0. The minimum atomic E-state index is -4.50. The van der Waals surface area contributed by atoms with E-state index in [1.165, 1.54) is 17.4 Å². The van der Waals surface area contributed by atoms with Gasteiger partial charge in [0.25, 0.3) is 0 Å². The molecule has 1 saturated heterocycles. The van der Waals surface area contributed by atoms with E-state index in [-0.39, 0.29) is 34.6 Å². The zero-order valence-electron chi connectivity index (χ0n) is 17.3. The molecule has 1 aromatic carbocycles. The van der Waals surface area contributed by atoms with Crippen LogP contribution < -0.4 is 14.5 Å². The Balaban J connectivity index is 1.53. The maximum absolute atomic E-state index is 13.2. The molecule has 1 aromatic heterocycles. The van der Waals surface area contributed by atoms with Crippen molar-refractivity contribution in [3.63, 3.8) is 0 Å². The lowest BCUT2D eigenvalue weighted by Gasteiger charge is -2.37. The Kier molecular flexibility index (Phi) is 6.11. The average Bonchev–Trinajstić information content (AvgIpc) is 3.28. The van der Waals surface area contributed by atoms with Crippen molar-refractivity contribution in [2.45, 2.75) is 39.0 Å². The molecule has 1 aliphatic carbocycles. The van der Waals surface area contributed by atoms with Crippen molar-refractivity contribution in [3.8, 4) is 11.5 Å². The summed E-state index contributed by atoms with van der Waals surface area (Å²) >= 11 is 1.22. The minimum absolute atomic E-state index is 0.0639. The van der Waals surface area contributed by atoms with Gasteiger partial charge in [-0.15, -0.1) is 10.2 Å². The highest BCUT2D eigenvalue weighted by atomic mass is 32.1. The standard InChI is InChI=1S/C19H20F3N7O2S/c1-10(2)27-31-15-7-13(19(20,21)22)5-6-14(15)30-16-11-3-4-12(16)9-29(8-11)18-26-24-17(32-18)25-28-23/h5-7,11-12,16H,3-4,8-9H2,1-2H3/t11-,12+,16?. The average molecular weight is 467 g/mol. The van der Waals surface area contributed by atoms with Crippen LogP contribution in [0.2, 0.25) is 0 Å². The first kappa shape index (κ1) is 22.2. The number of hydrogen-bond acceptors (Lipinski definition) is 8. The van der Waals surface area contributed by atoms with Gasteiger partial charge in [-0.3, -0.25) is 0 Å². The third-order valence-corrected chi connectivity index (χ3v) is 6.28. The van der Waals surface area contributed by atoms with Crippen molar-refractivity contribution in [2.24, 2.45) is 22.1 Å². The van der Waals surface area contributed by atoms with Gasteiger partial charge in [0.15, 0.2) is 11.5 Å². The van der Waals surface area contributed by atoms with Gasteiger partial charge in [-0.1, -0.05) is 16.5 Å². The number of benzene rings is 1. The SMILES string of the molecule is CC(C)=NOc1cc(C(F)(F)F)ccc1OC1[C@@H]2CC[C@H]1CN(c1nnc(N=[N+]=[N-])s1)C2. The van der Waals surface area contributed by atoms with Crippen LogP contribution in [-0.4, -0.2) is 35.1 Å². The van der Waals surface area contributed by atoms with Crippen LogP contribution in [-0.2, 0) is 6.18 Å². The highest BCUT2D eigenvalue weighted by Gasteiger charge is 2.45. The van der Waals surface area contributed by atoms with Crippen LogP contribution >= 0.6 is 11.3 Å². The summed E-state index contributed by atoms with van der Waals surface area (Å²) in [5, 5.41) is 16.2. The van der Waals surface area contributed by atoms with Crippen LogP contribution in [0.4, 0.5) is 23.4 Å². The molecule has 0 spiro atoms. The molecule has 9 nitrogen and oxygen atoms in total. The Hall–Kier alpha value is -3.05. The number of rotatable bonds is 6. The van der Waals surface area contributed by atoms with Gasteiger partial charge in [0, 0.05) is 29.8 Å². The number of oxime groups is 1. The summed E-state index contributed by atoms with van der Waals surface area (Å²) in [6, 6.07) is 3.19. The monoisotopic (exact) mass is 467 g/mol. The molecule has 1 unspecified atom stereocenters. The quantitative estimate of drug-likeness (QED) is 0.181. The number of anilines is 1. The molecular weight excluding hydrogens is 447 g/mol. The van der Waals surface area contributed by atoms with E-state index >= 15 is 0 Å². The highest BCUT2D eigenvalue weighted by Crippen LogP contribution is 2.44. The van der Waals surface area contributed by atoms with Crippen LogP contribution in [0.15, 0.2) is 28.5 Å². The molecule has 0 N–H and O–H groups in total. The third kappa shape index (κ3) is 4.73. The number of alkyl halides is 3. The number of fused-ring (bicyclic) bond motifs is 2. The molecule has 1 saturated carbocycles. The van der Waals surface area contributed by atoms with Crippen LogP contribution in [0.3, 0.4) is 0 Å². The maximum atomic E-state index is 13.2. The number of ether oxygens (including phenoxy) is 1. The van der Waals surface area contributed by atoms with E-state index in [2.05, 4.69) is 30.3 Å². The smallest absolute Gasteiger partial charge is 0.416 e. The molecule has 0 radical (unpaired) electrons. The first-order valence-corrected chi connectivity index (χ1v) is 10.8. The van der Waals surface area contributed by atoms with Gasteiger partial charge >= 0.3 is 6.18 Å². The Bertz CT molecular complexity index is 1050. The molecule has 1 aliphatic heterocycles. The second-order valence-electron chi connectivity index (χ2n) is 7.93. The highest BCUT2D eigenvalue weighted by molar-refractivity contribution is 7.18. The number of halogens is 3. The fraction of sp³-hybridized carbons (Fsp3) is 0.526. The van der Waals surface area contributed by atoms with Crippen LogP contribution in [0.1, 0.15) is 32.3 Å². The molecule has 13 heteroatoms.